The molecular formula is C17H19ClN2O. The first-order chi connectivity index (χ1) is 10.0. The van der Waals surface area contributed by atoms with Crippen LogP contribution in [0.2, 0.25) is 5.02 Å². The Morgan fingerprint density at radius 3 is 2.48 bits per heavy atom. The maximum Gasteiger partial charge on any atom is 0.250 e. The molecule has 110 valence electrons. The minimum Gasteiger partial charge on any atom is -0.379 e. The summed E-state index contributed by atoms with van der Waals surface area (Å²) in [6.45, 7) is 4.20. The highest BCUT2D eigenvalue weighted by atomic mass is 35.5. The largest absolute Gasteiger partial charge is 0.379 e. The smallest absolute Gasteiger partial charge is 0.250 e. The molecule has 0 heterocycles. The number of nitrogens with one attached hydrogen (secondary N) is 1. The first-order valence-electron chi connectivity index (χ1n) is 6.96. The number of amides is 1. The fraction of sp³-hybridized carbons (Fsp3) is 0.235. The predicted octanol–water partition coefficient (Wildman–Crippen LogP) is 4.17. The van der Waals surface area contributed by atoms with Gasteiger partial charge in [-0.1, -0.05) is 42.8 Å². The number of hydrogen-bond donors (Lipinski definition) is 2. The highest BCUT2D eigenvalue weighted by Gasteiger charge is 2.10. The van der Waals surface area contributed by atoms with E-state index >= 15 is 0 Å². The van der Waals surface area contributed by atoms with Crippen molar-refractivity contribution in [1.29, 1.82) is 0 Å². The Hall–Kier alpha value is -2.00. The minimum atomic E-state index is -0.524. The lowest BCUT2D eigenvalue weighted by Crippen LogP contribution is -2.13. The van der Waals surface area contributed by atoms with Crippen LogP contribution in [0.4, 0.5) is 5.69 Å². The van der Waals surface area contributed by atoms with Crippen LogP contribution in [0.3, 0.4) is 0 Å². The van der Waals surface area contributed by atoms with Crippen LogP contribution in [0.25, 0.3) is 0 Å². The van der Waals surface area contributed by atoms with Gasteiger partial charge in [0.25, 0.3) is 0 Å². The second-order valence-corrected chi connectivity index (χ2v) is 5.43. The minimum absolute atomic E-state index is 0.123. The summed E-state index contributed by atoms with van der Waals surface area (Å²) in [7, 11) is 0. The molecule has 2 rings (SSSR count). The van der Waals surface area contributed by atoms with E-state index in [-0.39, 0.29) is 6.04 Å². The summed E-state index contributed by atoms with van der Waals surface area (Å²) in [6.07, 6.45) is 1.03. The number of nitrogens with two attached hydrogens (primary N) is 1. The molecule has 0 radical (unpaired) electrons. The predicted molar refractivity (Wildman–Crippen MR) is 87.8 cm³/mol. The van der Waals surface area contributed by atoms with Crippen molar-refractivity contribution in [3.63, 3.8) is 0 Å². The average Bonchev–Trinajstić information content (AvgIpc) is 2.49. The second-order valence-electron chi connectivity index (χ2n) is 5.02. The van der Waals surface area contributed by atoms with Crippen molar-refractivity contribution in [3.05, 3.63) is 64.2 Å². The molecule has 0 saturated heterocycles. The molecule has 3 nitrogen and oxygen atoms in total. The maximum absolute atomic E-state index is 11.3. The van der Waals surface area contributed by atoms with Crippen molar-refractivity contribution in [3.8, 4) is 0 Å². The molecule has 3 N–H and O–H groups in total. The number of carbonyl (C=O) groups excluding carboxylic acids is 1. The van der Waals surface area contributed by atoms with E-state index in [2.05, 4.69) is 43.4 Å². The molecule has 0 aliphatic heterocycles. The number of carbonyl (C=O) groups is 1. The molecule has 4 heteroatoms. The van der Waals surface area contributed by atoms with Gasteiger partial charge in [0.1, 0.15) is 0 Å². The summed E-state index contributed by atoms with van der Waals surface area (Å²) in [4.78, 5) is 11.3. The average molecular weight is 303 g/mol. The zero-order valence-corrected chi connectivity index (χ0v) is 12.9. The number of anilines is 1. The fourth-order valence-corrected chi connectivity index (χ4v) is 2.39. The molecule has 0 fully saturated rings. The molecule has 0 spiro atoms. The van der Waals surface area contributed by atoms with Crippen LogP contribution in [0.1, 0.15) is 41.4 Å². The van der Waals surface area contributed by atoms with Crippen LogP contribution in [0.15, 0.2) is 42.5 Å². The lowest BCUT2D eigenvalue weighted by molar-refractivity contribution is 0.100. The Labute approximate surface area is 130 Å². The van der Waals surface area contributed by atoms with Gasteiger partial charge in [-0.25, -0.2) is 0 Å². The SMILES string of the molecule is CCc1ccc(C(C)Nc2ccc(Cl)c(C(N)=O)c2)cc1. The molecule has 2 aromatic rings. The van der Waals surface area contributed by atoms with Gasteiger partial charge in [-0.3, -0.25) is 4.79 Å². The summed E-state index contributed by atoms with van der Waals surface area (Å²) < 4.78 is 0. The van der Waals surface area contributed by atoms with Gasteiger partial charge in [0.15, 0.2) is 0 Å². The zero-order chi connectivity index (χ0) is 15.4. The molecular weight excluding hydrogens is 284 g/mol. The van der Waals surface area contributed by atoms with E-state index in [9.17, 15) is 4.79 Å². The molecule has 0 aromatic heterocycles. The number of halogens is 1. The van der Waals surface area contributed by atoms with Crippen LogP contribution >= 0.6 is 11.6 Å². The second kappa shape index (κ2) is 6.64. The number of benzene rings is 2. The van der Waals surface area contributed by atoms with E-state index in [0.29, 0.717) is 10.6 Å². The summed E-state index contributed by atoms with van der Waals surface area (Å²) >= 11 is 5.95. The van der Waals surface area contributed by atoms with Crippen LogP contribution in [-0.2, 0) is 6.42 Å². The molecule has 0 aliphatic carbocycles. The summed E-state index contributed by atoms with van der Waals surface area (Å²) in [5, 5.41) is 3.72. The Kier molecular flexibility index (Phi) is 4.86. The van der Waals surface area contributed by atoms with E-state index < -0.39 is 5.91 Å². The van der Waals surface area contributed by atoms with Gasteiger partial charge < -0.3 is 11.1 Å². The topological polar surface area (TPSA) is 55.1 Å². The molecule has 1 atom stereocenters. The van der Waals surface area contributed by atoms with E-state index in [1.165, 1.54) is 11.1 Å². The lowest BCUT2D eigenvalue weighted by Gasteiger charge is -2.17. The third-order valence-electron chi connectivity index (χ3n) is 3.50. The highest BCUT2D eigenvalue weighted by Crippen LogP contribution is 2.24. The maximum atomic E-state index is 11.3. The Morgan fingerprint density at radius 1 is 1.24 bits per heavy atom. The Morgan fingerprint density at radius 2 is 1.90 bits per heavy atom. The van der Waals surface area contributed by atoms with Gasteiger partial charge in [-0.15, -0.1) is 0 Å². The number of hydrogen-bond acceptors (Lipinski definition) is 2. The monoisotopic (exact) mass is 302 g/mol. The van der Waals surface area contributed by atoms with Crippen molar-refractivity contribution >= 4 is 23.2 Å². The number of rotatable bonds is 5. The standard InChI is InChI=1S/C17H19ClN2O/c1-3-12-4-6-13(7-5-12)11(2)20-14-8-9-16(18)15(10-14)17(19)21/h4-11,20H,3H2,1-2H3,(H2,19,21). The van der Waals surface area contributed by atoms with Gasteiger partial charge >= 0.3 is 0 Å². The first-order valence-corrected chi connectivity index (χ1v) is 7.33. The first kappa shape index (κ1) is 15.4. The lowest BCUT2D eigenvalue weighted by atomic mass is 10.0. The molecule has 21 heavy (non-hydrogen) atoms. The molecule has 0 saturated carbocycles. The van der Waals surface area contributed by atoms with Crippen molar-refractivity contribution in [2.75, 3.05) is 5.32 Å². The highest BCUT2D eigenvalue weighted by molar-refractivity contribution is 6.33. The summed E-state index contributed by atoms with van der Waals surface area (Å²) in [5.74, 6) is -0.524. The van der Waals surface area contributed by atoms with Crippen molar-refractivity contribution in [1.82, 2.24) is 0 Å². The third-order valence-corrected chi connectivity index (χ3v) is 3.83. The number of aryl methyl sites for hydroxylation is 1. The third kappa shape index (κ3) is 3.76. The fourth-order valence-electron chi connectivity index (χ4n) is 2.18. The van der Waals surface area contributed by atoms with E-state index in [4.69, 9.17) is 17.3 Å². The number of primary amides is 1. The molecule has 1 unspecified atom stereocenters. The van der Waals surface area contributed by atoms with Crippen LogP contribution in [0.5, 0.6) is 0 Å². The van der Waals surface area contributed by atoms with Crippen LogP contribution < -0.4 is 11.1 Å². The van der Waals surface area contributed by atoms with Gasteiger partial charge in [0.05, 0.1) is 10.6 Å². The van der Waals surface area contributed by atoms with E-state index in [1.807, 2.05) is 6.07 Å². The molecule has 1 amide bonds. The summed E-state index contributed by atoms with van der Waals surface area (Å²) in [6, 6.07) is 13.8. The molecule has 2 aromatic carbocycles. The zero-order valence-electron chi connectivity index (χ0n) is 12.2. The normalized spacial score (nSPS) is 12.0. The van der Waals surface area contributed by atoms with Crippen LogP contribution in [-0.4, -0.2) is 5.91 Å². The van der Waals surface area contributed by atoms with E-state index in [0.717, 1.165) is 12.1 Å². The molecule has 0 bridgehead atoms. The quantitative estimate of drug-likeness (QED) is 0.870. The molecule has 0 aliphatic rings. The van der Waals surface area contributed by atoms with Gasteiger partial charge in [-0.05, 0) is 42.7 Å². The van der Waals surface area contributed by atoms with Gasteiger partial charge in [-0.2, -0.15) is 0 Å². The van der Waals surface area contributed by atoms with Crippen molar-refractivity contribution in [2.24, 2.45) is 5.73 Å². The Balaban J connectivity index is 2.16. The summed E-state index contributed by atoms with van der Waals surface area (Å²) in [5.41, 5.74) is 8.95. The van der Waals surface area contributed by atoms with Gasteiger partial charge in [0, 0.05) is 11.7 Å². The van der Waals surface area contributed by atoms with Crippen LogP contribution in [0, 0.1) is 0 Å². The Bertz CT molecular complexity index is 638. The van der Waals surface area contributed by atoms with Crippen molar-refractivity contribution < 1.29 is 4.79 Å². The van der Waals surface area contributed by atoms with E-state index in [1.54, 1.807) is 12.1 Å². The van der Waals surface area contributed by atoms with Crippen molar-refractivity contribution in [2.45, 2.75) is 26.3 Å². The van der Waals surface area contributed by atoms with Gasteiger partial charge in [0.2, 0.25) is 5.91 Å².